The molecule has 4 rings (SSSR count). The third-order valence-corrected chi connectivity index (χ3v) is 9.22. The Hall–Kier alpha value is -2.69. The average molecular weight is 546 g/mol. The van der Waals surface area contributed by atoms with E-state index in [2.05, 4.69) is 22.4 Å². The molecule has 1 unspecified atom stereocenters. The number of rotatable bonds is 6. The molecule has 0 saturated heterocycles. The fourth-order valence-electron chi connectivity index (χ4n) is 5.20. The van der Waals surface area contributed by atoms with Crippen molar-refractivity contribution < 1.29 is 21.6 Å². The van der Waals surface area contributed by atoms with E-state index in [-0.39, 0.29) is 21.8 Å². The lowest BCUT2D eigenvalue weighted by molar-refractivity contribution is 0.0984. The number of allylic oxidation sites excluding steroid dienone is 2. The van der Waals surface area contributed by atoms with Crippen molar-refractivity contribution in [3.63, 3.8) is 0 Å². The van der Waals surface area contributed by atoms with Crippen molar-refractivity contribution in [2.75, 3.05) is 22.4 Å². The molecule has 2 aromatic carbocycles. The van der Waals surface area contributed by atoms with Gasteiger partial charge in [-0.25, -0.2) is 21.6 Å². The average Bonchev–Trinajstić information content (AvgIpc) is 3.10. The van der Waals surface area contributed by atoms with E-state index in [1.165, 1.54) is 17.7 Å². The molecule has 2 aliphatic rings. The minimum atomic E-state index is -3.81. The van der Waals surface area contributed by atoms with Gasteiger partial charge in [-0.05, 0) is 88.4 Å². The van der Waals surface area contributed by atoms with Crippen molar-refractivity contribution in [1.29, 1.82) is 0 Å². The molecule has 0 aromatic heterocycles. The molecule has 1 amide bonds. The molecule has 37 heavy (non-hydrogen) atoms. The van der Waals surface area contributed by atoms with Gasteiger partial charge < -0.3 is 4.90 Å². The topological polar surface area (TPSA) is 113 Å². The first-order valence-electron chi connectivity index (χ1n) is 12.4. The summed E-state index contributed by atoms with van der Waals surface area (Å²) in [6, 6.07) is 11.4. The van der Waals surface area contributed by atoms with Crippen LogP contribution in [0.2, 0.25) is 0 Å². The molecule has 1 heterocycles. The SMILES string of the molecule is CCC1=CCC2(CC1)CN(C(=O)c1cccc(S(=O)(=O)NC(C)(C)C)c1)c1ccc(NS(C)(=O)=O)cc12. The first-order chi connectivity index (χ1) is 17.1. The highest BCUT2D eigenvalue weighted by molar-refractivity contribution is 7.92. The minimum Gasteiger partial charge on any atom is -0.307 e. The summed E-state index contributed by atoms with van der Waals surface area (Å²) in [5.41, 5.74) is 2.77. The Labute approximate surface area is 220 Å². The van der Waals surface area contributed by atoms with Gasteiger partial charge in [0.05, 0.1) is 11.2 Å². The molecular formula is C27H35N3O5S2. The summed E-state index contributed by atoms with van der Waals surface area (Å²) in [4.78, 5) is 15.6. The normalized spacial score (nSPS) is 20.0. The van der Waals surface area contributed by atoms with E-state index in [9.17, 15) is 21.6 Å². The van der Waals surface area contributed by atoms with E-state index >= 15 is 0 Å². The van der Waals surface area contributed by atoms with Crippen LogP contribution in [0.4, 0.5) is 11.4 Å². The molecule has 0 saturated carbocycles. The van der Waals surface area contributed by atoms with Crippen LogP contribution in [0.3, 0.4) is 0 Å². The van der Waals surface area contributed by atoms with Crippen molar-refractivity contribution in [1.82, 2.24) is 4.72 Å². The van der Waals surface area contributed by atoms with Gasteiger partial charge in [-0.15, -0.1) is 0 Å². The number of amides is 1. The quantitative estimate of drug-likeness (QED) is 0.517. The van der Waals surface area contributed by atoms with Crippen molar-refractivity contribution in [2.24, 2.45) is 0 Å². The number of carbonyl (C=O) groups is 1. The largest absolute Gasteiger partial charge is 0.307 e. The van der Waals surface area contributed by atoms with Gasteiger partial charge >= 0.3 is 0 Å². The molecule has 8 nitrogen and oxygen atoms in total. The Morgan fingerprint density at radius 3 is 2.41 bits per heavy atom. The highest BCUT2D eigenvalue weighted by atomic mass is 32.2. The number of anilines is 2. The lowest BCUT2D eigenvalue weighted by Crippen LogP contribution is -2.40. The first-order valence-corrected chi connectivity index (χ1v) is 15.8. The molecule has 2 aromatic rings. The van der Waals surface area contributed by atoms with Crippen LogP contribution in [0.5, 0.6) is 0 Å². The monoisotopic (exact) mass is 545 g/mol. The van der Waals surface area contributed by atoms with Gasteiger partial charge in [0.25, 0.3) is 5.91 Å². The van der Waals surface area contributed by atoms with E-state index in [0.29, 0.717) is 12.2 Å². The summed E-state index contributed by atoms with van der Waals surface area (Å²) in [5.74, 6) is -0.292. The number of hydrogen-bond acceptors (Lipinski definition) is 5. The van der Waals surface area contributed by atoms with Gasteiger partial charge in [0, 0.05) is 34.4 Å². The molecule has 0 bridgehead atoms. The second-order valence-electron chi connectivity index (χ2n) is 11.1. The molecule has 2 N–H and O–H groups in total. The number of carbonyl (C=O) groups excluding carboxylic acids is 1. The molecule has 200 valence electrons. The molecular weight excluding hydrogens is 510 g/mol. The Bertz CT molecular complexity index is 1470. The van der Waals surface area contributed by atoms with E-state index < -0.39 is 25.6 Å². The van der Waals surface area contributed by atoms with Crippen molar-refractivity contribution in [3.05, 3.63) is 65.2 Å². The number of nitrogens with zero attached hydrogens (tertiary/aromatic N) is 1. The van der Waals surface area contributed by atoms with Gasteiger partial charge in [0.2, 0.25) is 20.0 Å². The van der Waals surface area contributed by atoms with Crippen LogP contribution >= 0.6 is 0 Å². The summed E-state index contributed by atoms with van der Waals surface area (Å²) in [6.07, 6.45) is 6.83. The molecule has 1 atom stereocenters. The maximum atomic E-state index is 13.8. The second-order valence-corrected chi connectivity index (χ2v) is 14.5. The summed E-state index contributed by atoms with van der Waals surface area (Å²) in [5, 5.41) is 0. The number of nitrogens with one attached hydrogen (secondary N) is 2. The van der Waals surface area contributed by atoms with Gasteiger partial charge in [-0.2, -0.15) is 0 Å². The number of hydrogen-bond donors (Lipinski definition) is 2. The predicted octanol–water partition coefficient (Wildman–Crippen LogP) is 4.55. The number of sulfonamides is 2. The third-order valence-electron chi connectivity index (χ3n) is 6.86. The van der Waals surface area contributed by atoms with Crippen LogP contribution in [0, 0.1) is 0 Å². The second kappa shape index (κ2) is 9.56. The highest BCUT2D eigenvalue weighted by Gasteiger charge is 2.45. The molecule has 0 radical (unpaired) electrons. The third kappa shape index (κ3) is 5.91. The summed E-state index contributed by atoms with van der Waals surface area (Å²) in [6.45, 7) is 7.85. The van der Waals surface area contributed by atoms with Crippen LogP contribution in [-0.4, -0.2) is 41.1 Å². The minimum absolute atomic E-state index is 0.0308. The number of benzene rings is 2. The van der Waals surface area contributed by atoms with Gasteiger partial charge in [-0.1, -0.05) is 24.6 Å². The Balaban J connectivity index is 1.74. The van der Waals surface area contributed by atoms with Crippen molar-refractivity contribution in [3.8, 4) is 0 Å². The molecule has 10 heteroatoms. The molecule has 1 aliphatic carbocycles. The Kier molecular flexibility index (Phi) is 7.07. The van der Waals surface area contributed by atoms with Gasteiger partial charge in [0.1, 0.15) is 0 Å². The molecule has 1 aliphatic heterocycles. The zero-order chi connectivity index (χ0) is 27.2. The van der Waals surface area contributed by atoms with Crippen LogP contribution in [0.1, 0.15) is 69.3 Å². The zero-order valence-electron chi connectivity index (χ0n) is 22.0. The summed E-state index contributed by atoms with van der Waals surface area (Å²) < 4.78 is 54.7. The van der Waals surface area contributed by atoms with E-state index in [0.717, 1.165) is 43.2 Å². The van der Waals surface area contributed by atoms with Gasteiger partial charge in [0.15, 0.2) is 0 Å². The van der Waals surface area contributed by atoms with Crippen LogP contribution < -0.4 is 14.3 Å². The van der Waals surface area contributed by atoms with Crippen LogP contribution in [0.15, 0.2) is 59.0 Å². The van der Waals surface area contributed by atoms with Crippen molar-refractivity contribution in [2.45, 2.75) is 69.2 Å². The van der Waals surface area contributed by atoms with E-state index in [1.807, 2.05) is 6.07 Å². The zero-order valence-corrected chi connectivity index (χ0v) is 23.6. The van der Waals surface area contributed by atoms with Gasteiger partial charge in [-0.3, -0.25) is 9.52 Å². The summed E-state index contributed by atoms with van der Waals surface area (Å²) >= 11 is 0. The first kappa shape index (κ1) is 27.3. The number of fused-ring (bicyclic) bond motifs is 2. The lowest BCUT2D eigenvalue weighted by atomic mass is 9.71. The molecule has 0 fully saturated rings. The lowest BCUT2D eigenvalue weighted by Gasteiger charge is -2.33. The van der Waals surface area contributed by atoms with Crippen molar-refractivity contribution >= 4 is 37.3 Å². The maximum Gasteiger partial charge on any atom is 0.258 e. The standard InChI is InChI=1S/C27H35N3O5S2/c1-6-19-12-14-27(15-13-19)18-30(24-11-10-21(17-23(24)27)28-36(5,32)33)25(31)20-8-7-9-22(16-20)37(34,35)29-26(2,3)4/h7-12,16-17,28-29H,6,13-15,18H2,1-5H3. The summed E-state index contributed by atoms with van der Waals surface area (Å²) in [7, 11) is -7.27. The van der Waals surface area contributed by atoms with Crippen LogP contribution in [0.25, 0.3) is 0 Å². The Morgan fingerprint density at radius 2 is 1.81 bits per heavy atom. The molecule has 1 spiro atoms. The van der Waals surface area contributed by atoms with E-state index in [4.69, 9.17) is 0 Å². The fourth-order valence-corrected chi connectivity index (χ4v) is 7.21. The Morgan fingerprint density at radius 1 is 1.08 bits per heavy atom. The predicted molar refractivity (Wildman–Crippen MR) is 147 cm³/mol. The smallest absolute Gasteiger partial charge is 0.258 e. The maximum absolute atomic E-state index is 13.8. The van der Waals surface area contributed by atoms with Crippen LogP contribution in [-0.2, 0) is 25.5 Å². The highest BCUT2D eigenvalue weighted by Crippen LogP contribution is 2.50. The van der Waals surface area contributed by atoms with E-state index in [1.54, 1.807) is 49.9 Å². The fraction of sp³-hybridized carbons (Fsp3) is 0.444.